The Morgan fingerprint density at radius 1 is 0.952 bits per heavy atom. The maximum Gasteiger partial charge on any atom is 0.315 e. The summed E-state index contributed by atoms with van der Waals surface area (Å²) < 4.78 is 1.06. The summed E-state index contributed by atoms with van der Waals surface area (Å²) in [6, 6.07) is 16.1. The normalized spacial score (nSPS) is 10.2. The number of carbonyl (C=O) groups excluding carboxylic acids is 1. The van der Waals surface area contributed by atoms with Crippen LogP contribution in [0.15, 0.2) is 53.0 Å². The molecule has 2 aromatic rings. The van der Waals surface area contributed by atoms with Gasteiger partial charge in [-0.15, -0.1) is 0 Å². The van der Waals surface area contributed by atoms with Crippen molar-refractivity contribution in [2.24, 2.45) is 0 Å². The van der Waals surface area contributed by atoms with E-state index in [1.54, 1.807) is 0 Å². The zero-order valence-electron chi connectivity index (χ0n) is 12.0. The summed E-state index contributed by atoms with van der Waals surface area (Å²) in [6.45, 7) is 3.22. The minimum Gasteiger partial charge on any atom is -0.338 e. The van der Waals surface area contributed by atoms with E-state index in [0.717, 1.165) is 16.5 Å². The lowest BCUT2D eigenvalue weighted by atomic mass is 10.1. The average molecular weight is 347 g/mol. The first-order valence-corrected chi connectivity index (χ1v) is 7.74. The molecule has 2 aromatic carbocycles. The van der Waals surface area contributed by atoms with Crippen LogP contribution in [0, 0.1) is 6.92 Å². The molecule has 3 nitrogen and oxygen atoms in total. The summed E-state index contributed by atoms with van der Waals surface area (Å²) in [6.07, 6.45) is 0.825. The van der Waals surface area contributed by atoms with Crippen molar-refractivity contribution < 1.29 is 4.79 Å². The fourth-order valence-corrected chi connectivity index (χ4v) is 2.19. The SMILES string of the molecule is Cc1ccc(CNC(=O)NCCc2ccc(Br)cc2)cc1. The van der Waals surface area contributed by atoms with Crippen molar-refractivity contribution in [1.29, 1.82) is 0 Å². The van der Waals surface area contributed by atoms with Gasteiger partial charge in [0.15, 0.2) is 0 Å². The first kappa shape index (κ1) is 15.6. The smallest absolute Gasteiger partial charge is 0.315 e. The summed E-state index contributed by atoms with van der Waals surface area (Å²) in [4.78, 5) is 11.7. The minimum atomic E-state index is -0.132. The summed E-state index contributed by atoms with van der Waals surface area (Å²) in [5.41, 5.74) is 3.53. The molecule has 0 aliphatic carbocycles. The number of hydrogen-bond acceptors (Lipinski definition) is 1. The lowest BCUT2D eigenvalue weighted by Gasteiger charge is -2.08. The highest BCUT2D eigenvalue weighted by Crippen LogP contribution is 2.10. The highest BCUT2D eigenvalue weighted by molar-refractivity contribution is 9.10. The van der Waals surface area contributed by atoms with Gasteiger partial charge in [0.1, 0.15) is 0 Å². The lowest BCUT2D eigenvalue weighted by Crippen LogP contribution is -2.36. The molecule has 0 saturated carbocycles. The molecular weight excluding hydrogens is 328 g/mol. The fourth-order valence-electron chi connectivity index (χ4n) is 1.92. The summed E-state index contributed by atoms with van der Waals surface area (Å²) in [5.74, 6) is 0. The van der Waals surface area contributed by atoms with E-state index in [0.29, 0.717) is 13.1 Å². The maximum absolute atomic E-state index is 11.7. The van der Waals surface area contributed by atoms with Crippen molar-refractivity contribution in [3.8, 4) is 0 Å². The summed E-state index contributed by atoms with van der Waals surface area (Å²) in [5, 5.41) is 5.72. The number of aryl methyl sites for hydroxylation is 1. The Bertz CT molecular complexity index is 579. The second-order valence-electron chi connectivity index (χ2n) is 4.97. The second kappa shape index (κ2) is 7.84. The zero-order chi connectivity index (χ0) is 15.1. The van der Waals surface area contributed by atoms with Crippen LogP contribution in [-0.4, -0.2) is 12.6 Å². The van der Waals surface area contributed by atoms with Gasteiger partial charge in [-0.05, 0) is 36.6 Å². The Morgan fingerprint density at radius 3 is 2.24 bits per heavy atom. The van der Waals surface area contributed by atoms with Crippen LogP contribution in [0.5, 0.6) is 0 Å². The van der Waals surface area contributed by atoms with E-state index >= 15 is 0 Å². The Labute approximate surface area is 133 Å². The number of urea groups is 1. The largest absolute Gasteiger partial charge is 0.338 e. The quantitative estimate of drug-likeness (QED) is 0.849. The van der Waals surface area contributed by atoms with Crippen molar-refractivity contribution in [2.45, 2.75) is 19.9 Å². The van der Waals surface area contributed by atoms with E-state index in [9.17, 15) is 4.79 Å². The van der Waals surface area contributed by atoms with Crippen molar-refractivity contribution in [2.75, 3.05) is 6.54 Å². The topological polar surface area (TPSA) is 41.1 Å². The standard InChI is InChI=1S/C17H19BrN2O/c1-13-2-4-15(5-3-13)12-20-17(21)19-11-10-14-6-8-16(18)9-7-14/h2-9H,10-12H2,1H3,(H2,19,20,21). The van der Waals surface area contributed by atoms with Gasteiger partial charge in [0.05, 0.1) is 0 Å². The van der Waals surface area contributed by atoms with E-state index in [2.05, 4.69) is 38.7 Å². The van der Waals surface area contributed by atoms with Gasteiger partial charge in [-0.2, -0.15) is 0 Å². The van der Waals surface area contributed by atoms with Crippen LogP contribution in [0.2, 0.25) is 0 Å². The Hall–Kier alpha value is -1.81. The Kier molecular flexibility index (Phi) is 5.81. The number of carbonyl (C=O) groups is 1. The fraction of sp³-hybridized carbons (Fsp3) is 0.235. The van der Waals surface area contributed by atoms with Crippen molar-refractivity contribution in [3.63, 3.8) is 0 Å². The van der Waals surface area contributed by atoms with E-state index in [1.165, 1.54) is 11.1 Å². The zero-order valence-corrected chi connectivity index (χ0v) is 13.6. The molecule has 0 spiro atoms. The van der Waals surface area contributed by atoms with Crippen LogP contribution >= 0.6 is 15.9 Å². The van der Waals surface area contributed by atoms with Crippen molar-refractivity contribution in [1.82, 2.24) is 10.6 Å². The molecule has 0 atom stereocenters. The number of rotatable bonds is 5. The molecule has 0 radical (unpaired) electrons. The van der Waals surface area contributed by atoms with Gasteiger partial charge in [0, 0.05) is 17.6 Å². The predicted molar refractivity (Wildman–Crippen MR) is 89.3 cm³/mol. The van der Waals surface area contributed by atoms with Crippen LogP contribution < -0.4 is 10.6 Å². The van der Waals surface area contributed by atoms with Gasteiger partial charge < -0.3 is 10.6 Å². The van der Waals surface area contributed by atoms with Crippen LogP contribution in [0.3, 0.4) is 0 Å². The summed E-state index contributed by atoms with van der Waals surface area (Å²) >= 11 is 3.40. The molecular formula is C17H19BrN2O. The molecule has 0 saturated heterocycles. The minimum absolute atomic E-state index is 0.132. The average Bonchev–Trinajstić information content (AvgIpc) is 2.49. The van der Waals surface area contributed by atoms with Crippen molar-refractivity contribution in [3.05, 3.63) is 69.7 Å². The molecule has 21 heavy (non-hydrogen) atoms. The predicted octanol–water partition coefficient (Wildman–Crippen LogP) is 3.80. The molecule has 0 fully saturated rings. The first-order chi connectivity index (χ1) is 10.1. The van der Waals surface area contributed by atoms with Gasteiger partial charge in [-0.1, -0.05) is 57.9 Å². The molecule has 4 heteroatoms. The number of hydrogen-bond donors (Lipinski definition) is 2. The molecule has 0 aliphatic rings. The van der Waals surface area contributed by atoms with Crippen molar-refractivity contribution >= 4 is 22.0 Å². The highest BCUT2D eigenvalue weighted by atomic mass is 79.9. The van der Waals surface area contributed by atoms with Crippen LogP contribution in [0.1, 0.15) is 16.7 Å². The van der Waals surface area contributed by atoms with Gasteiger partial charge in [0.25, 0.3) is 0 Å². The maximum atomic E-state index is 11.7. The molecule has 0 aromatic heterocycles. The number of amides is 2. The molecule has 2 amide bonds. The van der Waals surface area contributed by atoms with Gasteiger partial charge in [0.2, 0.25) is 0 Å². The Balaban J connectivity index is 1.67. The second-order valence-corrected chi connectivity index (χ2v) is 5.89. The van der Waals surface area contributed by atoms with E-state index < -0.39 is 0 Å². The van der Waals surface area contributed by atoms with E-state index in [4.69, 9.17) is 0 Å². The number of benzene rings is 2. The first-order valence-electron chi connectivity index (χ1n) is 6.95. The van der Waals surface area contributed by atoms with Crippen LogP contribution in [-0.2, 0) is 13.0 Å². The lowest BCUT2D eigenvalue weighted by molar-refractivity contribution is 0.240. The molecule has 110 valence electrons. The number of nitrogens with one attached hydrogen (secondary N) is 2. The molecule has 2 N–H and O–H groups in total. The van der Waals surface area contributed by atoms with Gasteiger partial charge in [-0.25, -0.2) is 4.79 Å². The van der Waals surface area contributed by atoms with Crippen LogP contribution in [0.25, 0.3) is 0 Å². The molecule has 2 rings (SSSR count). The van der Waals surface area contributed by atoms with E-state index in [-0.39, 0.29) is 6.03 Å². The number of halogens is 1. The third-order valence-corrected chi connectivity index (χ3v) is 3.71. The van der Waals surface area contributed by atoms with Gasteiger partial charge >= 0.3 is 6.03 Å². The van der Waals surface area contributed by atoms with Gasteiger partial charge in [-0.3, -0.25) is 0 Å². The Morgan fingerprint density at radius 2 is 1.57 bits per heavy atom. The molecule has 0 aliphatic heterocycles. The molecule has 0 unspecified atom stereocenters. The monoisotopic (exact) mass is 346 g/mol. The third-order valence-electron chi connectivity index (χ3n) is 3.19. The highest BCUT2D eigenvalue weighted by Gasteiger charge is 2.00. The summed E-state index contributed by atoms with van der Waals surface area (Å²) in [7, 11) is 0. The molecule has 0 bridgehead atoms. The third kappa shape index (κ3) is 5.60. The van der Waals surface area contributed by atoms with Crippen LogP contribution in [0.4, 0.5) is 4.79 Å². The molecule has 0 heterocycles. The van der Waals surface area contributed by atoms with E-state index in [1.807, 2.05) is 43.3 Å².